The fraction of sp³-hybridized carbons (Fsp3) is 0.368. The van der Waals surface area contributed by atoms with E-state index in [1.165, 1.54) is 6.92 Å². The fourth-order valence-corrected chi connectivity index (χ4v) is 3.08. The van der Waals surface area contributed by atoms with Gasteiger partial charge in [0, 0.05) is 12.8 Å². The molecule has 0 spiro atoms. The molecule has 0 fully saturated rings. The number of benzene rings is 1. The van der Waals surface area contributed by atoms with E-state index in [1.807, 2.05) is 36.4 Å². The van der Waals surface area contributed by atoms with E-state index in [4.69, 9.17) is 9.94 Å². The van der Waals surface area contributed by atoms with Gasteiger partial charge in [-0.05, 0) is 29.8 Å². The summed E-state index contributed by atoms with van der Waals surface area (Å²) >= 11 is 0. The van der Waals surface area contributed by atoms with Gasteiger partial charge in [-0.1, -0.05) is 30.3 Å². The van der Waals surface area contributed by atoms with Gasteiger partial charge in [-0.3, -0.25) is 9.59 Å². The van der Waals surface area contributed by atoms with Crippen molar-refractivity contribution < 1.29 is 19.5 Å². The lowest BCUT2D eigenvalue weighted by molar-refractivity contribution is -0.123. The summed E-state index contributed by atoms with van der Waals surface area (Å²) in [5.41, 5.74) is 5.10. The average molecular weight is 357 g/mol. The number of allylic oxidation sites excluding steroid dienone is 1. The van der Waals surface area contributed by atoms with E-state index in [0.717, 1.165) is 11.1 Å². The Hall–Kier alpha value is -2.64. The second-order valence-corrected chi connectivity index (χ2v) is 6.45. The van der Waals surface area contributed by atoms with Gasteiger partial charge in [-0.2, -0.15) is 0 Å². The zero-order chi connectivity index (χ0) is 18.5. The van der Waals surface area contributed by atoms with Gasteiger partial charge in [-0.15, -0.1) is 5.48 Å². The van der Waals surface area contributed by atoms with Gasteiger partial charge >= 0.3 is 0 Å². The molecule has 0 unspecified atom stereocenters. The molecule has 0 aliphatic carbocycles. The minimum absolute atomic E-state index is 0.0694. The highest BCUT2D eigenvalue weighted by Gasteiger charge is 2.24. The molecule has 3 rings (SSSR count). The predicted octanol–water partition coefficient (Wildman–Crippen LogP) is 0.803. The monoisotopic (exact) mass is 357 g/mol. The van der Waals surface area contributed by atoms with Crippen molar-refractivity contribution in [2.24, 2.45) is 0 Å². The standard InChI is InChI=1S/C19H23N3O4/c1-12(24)21-10-16-9-17(22-26-16)14-4-2-13(3-5-14)15-6-7-20-18(8-15)19(25)11-23/h2-7,9,15,17-18,20,22-23H,8,10-11H2,1H3,(H,21,24)/t15-,17+,18+/m0/s1. The normalized spacial score (nSPS) is 24.4. The summed E-state index contributed by atoms with van der Waals surface area (Å²) in [4.78, 5) is 28.0. The molecule has 1 aromatic rings. The van der Waals surface area contributed by atoms with E-state index >= 15 is 0 Å². The van der Waals surface area contributed by atoms with E-state index in [9.17, 15) is 9.59 Å². The van der Waals surface area contributed by atoms with Gasteiger partial charge in [0.2, 0.25) is 5.91 Å². The molecule has 0 bridgehead atoms. The molecular weight excluding hydrogens is 334 g/mol. The number of hydroxylamine groups is 1. The molecule has 1 aromatic carbocycles. The number of aliphatic hydroxyl groups excluding tert-OH is 1. The van der Waals surface area contributed by atoms with Gasteiger partial charge in [0.15, 0.2) is 5.78 Å². The number of carbonyl (C=O) groups excluding carboxylic acids is 2. The molecule has 2 aliphatic rings. The number of aliphatic hydroxyl groups is 1. The van der Waals surface area contributed by atoms with Crippen LogP contribution in [0.4, 0.5) is 0 Å². The summed E-state index contributed by atoms with van der Waals surface area (Å²) < 4.78 is 0. The molecule has 26 heavy (non-hydrogen) atoms. The van der Waals surface area contributed by atoms with Crippen LogP contribution in [0.2, 0.25) is 0 Å². The SMILES string of the molecule is CC(=O)NCC1=C[C@H](c2ccc([C@H]3C=CN[C@@H](C(=O)CO)C3)cc2)NO1. The number of nitrogens with one attached hydrogen (secondary N) is 3. The Bertz CT molecular complexity index is 727. The molecule has 138 valence electrons. The van der Waals surface area contributed by atoms with E-state index < -0.39 is 6.61 Å². The summed E-state index contributed by atoms with van der Waals surface area (Å²) in [6.45, 7) is 1.38. The van der Waals surface area contributed by atoms with Crippen LogP contribution in [0.1, 0.15) is 36.4 Å². The largest absolute Gasteiger partial charge is 0.411 e. The predicted molar refractivity (Wildman–Crippen MR) is 95.7 cm³/mol. The highest BCUT2D eigenvalue weighted by Crippen LogP contribution is 2.28. The summed E-state index contributed by atoms with van der Waals surface area (Å²) in [7, 11) is 0. The van der Waals surface area contributed by atoms with Gasteiger partial charge < -0.3 is 20.6 Å². The van der Waals surface area contributed by atoms with Crippen molar-refractivity contribution in [1.82, 2.24) is 16.1 Å². The number of amides is 1. The Kier molecular flexibility index (Phi) is 5.70. The number of Topliss-reactive ketones (excluding diaryl/α,β-unsaturated/α-hetero) is 1. The van der Waals surface area contributed by atoms with Crippen molar-refractivity contribution in [3.05, 3.63) is 59.5 Å². The maximum absolute atomic E-state index is 11.7. The van der Waals surface area contributed by atoms with Gasteiger partial charge in [-0.25, -0.2) is 0 Å². The molecule has 1 amide bonds. The number of ketones is 1. The number of hydrogen-bond donors (Lipinski definition) is 4. The second-order valence-electron chi connectivity index (χ2n) is 6.45. The van der Waals surface area contributed by atoms with Crippen LogP contribution < -0.4 is 16.1 Å². The Morgan fingerprint density at radius 1 is 1.27 bits per heavy atom. The maximum Gasteiger partial charge on any atom is 0.217 e. The summed E-state index contributed by atoms with van der Waals surface area (Å²) in [6.07, 6.45) is 6.37. The third kappa shape index (κ3) is 4.30. The van der Waals surface area contributed by atoms with Crippen molar-refractivity contribution in [2.45, 2.75) is 31.3 Å². The molecular formula is C19H23N3O4. The molecule has 2 heterocycles. The van der Waals surface area contributed by atoms with E-state index in [0.29, 0.717) is 18.7 Å². The van der Waals surface area contributed by atoms with Crippen LogP contribution in [-0.4, -0.2) is 36.0 Å². The zero-order valence-corrected chi connectivity index (χ0v) is 14.6. The Balaban J connectivity index is 1.64. The molecule has 3 atom stereocenters. The minimum atomic E-state index is -0.447. The molecule has 0 radical (unpaired) electrons. The van der Waals surface area contributed by atoms with E-state index in [-0.39, 0.29) is 29.7 Å². The van der Waals surface area contributed by atoms with Crippen LogP contribution in [0.5, 0.6) is 0 Å². The van der Waals surface area contributed by atoms with Crippen LogP contribution in [-0.2, 0) is 14.4 Å². The van der Waals surface area contributed by atoms with Crippen LogP contribution in [0.15, 0.2) is 48.4 Å². The quantitative estimate of drug-likeness (QED) is 0.601. The lowest BCUT2D eigenvalue weighted by Gasteiger charge is -2.25. The Morgan fingerprint density at radius 2 is 2.00 bits per heavy atom. The van der Waals surface area contributed by atoms with Crippen molar-refractivity contribution >= 4 is 11.7 Å². The lowest BCUT2D eigenvalue weighted by atomic mass is 9.88. The molecule has 7 heteroatoms. The van der Waals surface area contributed by atoms with Crippen LogP contribution >= 0.6 is 0 Å². The first-order chi connectivity index (χ1) is 12.6. The Labute approximate surface area is 152 Å². The summed E-state index contributed by atoms with van der Waals surface area (Å²) in [5, 5.41) is 14.7. The van der Waals surface area contributed by atoms with E-state index in [2.05, 4.69) is 16.1 Å². The maximum atomic E-state index is 11.7. The van der Waals surface area contributed by atoms with Gasteiger partial charge in [0.1, 0.15) is 12.4 Å². The molecule has 7 nitrogen and oxygen atoms in total. The first-order valence-corrected chi connectivity index (χ1v) is 8.60. The number of hydrogen-bond acceptors (Lipinski definition) is 6. The third-order valence-electron chi connectivity index (χ3n) is 4.56. The minimum Gasteiger partial charge on any atom is -0.411 e. The van der Waals surface area contributed by atoms with Crippen LogP contribution in [0, 0.1) is 0 Å². The topological polar surface area (TPSA) is 99.7 Å². The fourth-order valence-electron chi connectivity index (χ4n) is 3.08. The van der Waals surface area contributed by atoms with Crippen molar-refractivity contribution in [3.63, 3.8) is 0 Å². The smallest absolute Gasteiger partial charge is 0.217 e. The first kappa shape index (κ1) is 18.2. The van der Waals surface area contributed by atoms with Gasteiger partial charge in [0.25, 0.3) is 0 Å². The van der Waals surface area contributed by atoms with Crippen molar-refractivity contribution in [3.8, 4) is 0 Å². The number of rotatable bonds is 6. The molecule has 0 saturated carbocycles. The molecule has 0 saturated heterocycles. The lowest BCUT2D eigenvalue weighted by Crippen LogP contribution is -2.38. The highest BCUT2D eigenvalue weighted by molar-refractivity contribution is 5.85. The van der Waals surface area contributed by atoms with Gasteiger partial charge in [0.05, 0.1) is 18.6 Å². The zero-order valence-electron chi connectivity index (χ0n) is 14.6. The van der Waals surface area contributed by atoms with Crippen molar-refractivity contribution in [1.29, 1.82) is 0 Å². The first-order valence-electron chi connectivity index (χ1n) is 8.60. The summed E-state index contributed by atoms with van der Waals surface area (Å²) in [5.74, 6) is 0.515. The van der Waals surface area contributed by atoms with Crippen molar-refractivity contribution in [2.75, 3.05) is 13.2 Å². The van der Waals surface area contributed by atoms with Crippen LogP contribution in [0.25, 0.3) is 0 Å². The molecule has 0 aromatic heterocycles. The second kappa shape index (κ2) is 8.16. The summed E-state index contributed by atoms with van der Waals surface area (Å²) in [6, 6.07) is 7.70. The van der Waals surface area contributed by atoms with Crippen LogP contribution in [0.3, 0.4) is 0 Å². The molecule has 4 N–H and O–H groups in total. The Morgan fingerprint density at radius 3 is 2.69 bits per heavy atom. The third-order valence-corrected chi connectivity index (χ3v) is 4.56. The number of carbonyl (C=O) groups is 2. The highest BCUT2D eigenvalue weighted by atomic mass is 16.7. The van der Waals surface area contributed by atoms with E-state index in [1.54, 1.807) is 6.20 Å². The molecule has 2 aliphatic heterocycles. The average Bonchev–Trinajstić information content (AvgIpc) is 3.15.